The quantitative estimate of drug-likeness (QED) is 0.501. The van der Waals surface area contributed by atoms with E-state index in [9.17, 15) is 9.59 Å². The van der Waals surface area contributed by atoms with Gasteiger partial charge in [0.2, 0.25) is 0 Å². The summed E-state index contributed by atoms with van der Waals surface area (Å²) in [6, 6.07) is 11.2. The Balaban J connectivity index is 1.56. The van der Waals surface area contributed by atoms with E-state index in [0.717, 1.165) is 15.0 Å². The summed E-state index contributed by atoms with van der Waals surface area (Å²) in [6.45, 7) is 1.75. The van der Waals surface area contributed by atoms with Gasteiger partial charge in [0.15, 0.2) is 6.10 Å². The molecule has 1 atom stereocenters. The Kier molecular flexibility index (Phi) is 5.75. The number of benzene rings is 1. The average Bonchev–Trinajstić information content (AvgIpc) is 3.26. The third-order valence-electron chi connectivity index (χ3n) is 3.61. The molecule has 0 saturated heterocycles. The SMILES string of the molecule is CC(OC(=O)/C=C/c1sc2ccccc2c1Cl)C(=O)NCc1ccco1. The predicted molar refractivity (Wildman–Crippen MR) is 102 cm³/mol. The maximum atomic E-state index is 11.9. The summed E-state index contributed by atoms with van der Waals surface area (Å²) in [5, 5.41) is 4.18. The number of ether oxygens (including phenoxy) is 1. The number of nitrogens with one attached hydrogen (secondary N) is 1. The molecule has 0 fully saturated rings. The van der Waals surface area contributed by atoms with Gasteiger partial charge in [-0.05, 0) is 31.2 Å². The van der Waals surface area contributed by atoms with Crippen LogP contribution in [0.4, 0.5) is 0 Å². The second-order valence-corrected chi connectivity index (χ2v) is 6.95. The van der Waals surface area contributed by atoms with Crippen LogP contribution in [0.25, 0.3) is 16.2 Å². The number of amides is 1. The minimum atomic E-state index is -0.917. The van der Waals surface area contributed by atoms with Crippen molar-refractivity contribution in [2.45, 2.75) is 19.6 Å². The zero-order valence-electron chi connectivity index (χ0n) is 13.9. The van der Waals surface area contributed by atoms with Crippen LogP contribution in [0.2, 0.25) is 5.02 Å². The normalized spacial score (nSPS) is 12.4. The first-order chi connectivity index (χ1) is 12.5. The molecule has 1 N–H and O–H groups in total. The molecule has 5 nitrogen and oxygen atoms in total. The van der Waals surface area contributed by atoms with Crippen molar-refractivity contribution in [2.75, 3.05) is 0 Å². The molecule has 1 unspecified atom stereocenters. The highest BCUT2D eigenvalue weighted by molar-refractivity contribution is 7.20. The van der Waals surface area contributed by atoms with Crippen molar-refractivity contribution in [3.8, 4) is 0 Å². The molecule has 7 heteroatoms. The molecule has 0 aliphatic heterocycles. The van der Waals surface area contributed by atoms with Gasteiger partial charge in [-0.15, -0.1) is 11.3 Å². The molecular formula is C19H16ClNO4S. The van der Waals surface area contributed by atoms with E-state index in [2.05, 4.69) is 5.32 Å². The van der Waals surface area contributed by atoms with Crippen LogP contribution in [-0.4, -0.2) is 18.0 Å². The van der Waals surface area contributed by atoms with Crippen molar-refractivity contribution in [3.05, 3.63) is 64.4 Å². The highest BCUT2D eigenvalue weighted by atomic mass is 35.5. The number of rotatable bonds is 6. The average molecular weight is 390 g/mol. The Labute approximate surface area is 159 Å². The molecule has 1 aromatic carbocycles. The highest BCUT2D eigenvalue weighted by Gasteiger charge is 2.16. The van der Waals surface area contributed by atoms with Gasteiger partial charge in [-0.25, -0.2) is 4.79 Å². The summed E-state index contributed by atoms with van der Waals surface area (Å²) < 4.78 is 11.3. The topological polar surface area (TPSA) is 68.5 Å². The van der Waals surface area contributed by atoms with Crippen LogP contribution in [0.3, 0.4) is 0 Å². The molecule has 0 aliphatic carbocycles. The minimum absolute atomic E-state index is 0.237. The molecule has 134 valence electrons. The molecular weight excluding hydrogens is 374 g/mol. The fraction of sp³-hybridized carbons (Fsp3) is 0.158. The van der Waals surface area contributed by atoms with Gasteiger partial charge < -0.3 is 14.5 Å². The number of hydrogen-bond donors (Lipinski definition) is 1. The Morgan fingerprint density at radius 1 is 1.31 bits per heavy atom. The fourth-order valence-corrected chi connectivity index (χ4v) is 3.68. The lowest BCUT2D eigenvalue weighted by molar-refractivity contribution is -0.150. The van der Waals surface area contributed by atoms with Crippen LogP contribution < -0.4 is 5.32 Å². The number of fused-ring (bicyclic) bond motifs is 1. The van der Waals surface area contributed by atoms with E-state index in [4.69, 9.17) is 20.8 Å². The summed E-state index contributed by atoms with van der Waals surface area (Å²) in [5.74, 6) is -0.390. The van der Waals surface area contributed by atoms with Gasteiger partial charge in [0.05, 0.1) is 17.8 Å². The van der Waals surface area contributed by atoms with Crippen molar-refractivity contribution < 1.29 is 18.7 Å². The van der Waals surface area contributed by atoms with Crippen LogP contribution in [0.15, 0.2) is 53.2 Å². The first-order valence-corrected chi connectivity index (χ1v) is 9.10. The second-order valence-electron chi connectivity index (χ2n) is 5.49. The largest absolute Gasteiger partial charge is 0.467 e. The lowest BCUT2D eigenvalue weighted by atomic mass is 10.2. The van der Waals surface area contributed by atoms with Gasteiger partial charge in [0, 0.05) is 21.0 Å². The van der Waals surface area contributed by atoms with Crippen LogP contribution in [0, 0.1) is 0 Å². The summed E-state index contributed by atoms with van der Waals surface area (Å²) in [7, 11) is 0. The lowest BCUT2D eigenvalue weighted by Gasteiger charge is -2.11. The number of carbonyl (C=O) groups is 2. The van der Waals surface area contributed by atoms with Crippen molar-refractivity contribution in [2.24, 2.45) is 0 Å². The molecule has 2 aromatic heterocycles. The predicted octanol–water partition coefficient (Wildman–Crippen LogP) is 4.41. The van der Waals surface area contributed by atoms with Gasteiger partial charge in [-0.3, -0.25) is 4.79 Å². The van der Waals surface area contributed by atoms with Crippen molar-refractivity contribution >= 4 is 51.0 Å². The van der Waals surface area contributed by atoms with Gasteiger partial charge in [0.1, 0.15) is 5.76 Å². The molecule has 1 amide bonds. The molecule has 26 heavy (non-hydrogen) atoms. The first kappa shape index (κ1) is 18.2. The monoisotopic (exact) mass is 389 g/mol. The third-order valence-corrected chi connectivity index (χ3v) is 5.26. The van der Waals surface area contributed by atoms with Crippen LogP contribution >= 0.6 is 22.9 Å². The van der Waals surface area contributed by atoms with E-state index in [1.807, 2.05) is 24.3 Å². The number of halogens is 1. The molecule has 0 spiro atoms. The number of hydrogen-bond acceptors (Lipinski definition) is 5. The van der Waals surface area contributed by atoms with E-state index in [1.165, 1.54) is 30.6 Å². The highest BCUT2D eigenvalue weighted by Crippen LogP contribution is 2.35. The van der Waals surface area contributed by atoms with E-state index in [-0.39, 0.29) is 6.54 Å². The molecule has 0 saturated carbocycles. The van der Waals surface area contributed by atoms with Gasteiger partial charge in [0.25, 0.3) is 5.91 Å². The number of carbonyl (C=O) groups excluding carboxylic acids is 2. The van der Waals surface area contributed by atoms with Crippen molar-refractivity contribution in [3.63, 3.8) is 0 Å². The zero-order valence-corrected chi connectivity index (χ0v) is 15.5. The molecule has 2 heterocycles. The Morgan fingerprint density at radius 3 is 2.85 bits per heavy atom. The molecule has 0 bridgehead atoms. The van der Waals surface area contributed by atoms with E-state index in [0.29, 0.717) is 10.8 Å². The van der Waals surface area contributed by atoms with Crippen LogP contribution in [-0.2, 0) is 20.9 Å². The molecule has 3 aromatic rings. The molecule has 0 aliphatic rings. The third kappa shape index (κ3) is 4.33. The van der Waals surface area contributed by atoms with Gasteiger partial charge in [-0.2, -0.15) is 0 Å². The summed E-state index contributed by atoms with van der Waals surface area (Å²) in [5.41, 5.74) is 0. The summed E-state index contributed by atoms with van der Waals surface area (Å²) in [6.07, 6.45) is 3.48. The van der Waals surface area contributed by atoms with Gasteiger partial charge >= 0.3 is 5.97 Å². The molecule has 3 rings (SSSR count). The number of esters is 1. The molecule has 0 radical (unpaired) electrons. The van der Waals surface area contributed by atoms with Crippen molar-refractivity contribution in [1.82, 2.24) is 5.32 Å². The zero-order chi connectivity index (χ0) is 18.5. The number of furan rings is 1. The Hall–Kier alpha value is -2.57. The van der Waals surface area contributed by atoms with E-state index < -0.39 is 18.0 Å². The summed E-state index contributed by atoms with van der Waals surface area (Å²) in [4.78, 5) is 24.7. The summed E-state index contributed by atoms with van der Waals surface area (Å²) >= 11 is 7.80. The van der Waals surface area contributed by atoms with Crippen LogP contribution in [0.1, 0.15) is 17.6 Å². The van der Waals surface area contributed by atoms with Crippen LogP contribution in [0.5, 0.6) is 0 Å². The van der Waals surface area contributed by atoms with E-state index >= 15 is 0 Å². The van der Waals surface area contributed by atoms with E-state index in [1.54, 1.807) is 18.2 Å². The lowest BCUT2D eigenvalue weighted by Crippen LogP contribution is -2.35. The first-order valence-electron chi connectivity index (χ1n) is 7.90. The second kappa shape index (κ2) is 8.21. The Morgan fingerprint density at radius 2 is 2.12 bits per heavy atom. The number of thiophene rings is 1. The standard InChI is InChI=1S/C19H16ClNO4S/c1-12(19(23)21-11-13-5-4-10-24-13)25-17(22)9-8-16-18(20)14-6-2-3-7-15(14)26-16/h2-10,12H,11H2,1H3,(H,21,23)/b9-8+. The fourth-order valence-electron chi connectivity index (χ4n) is 2.28. The smallest absolute Gasteiger partial charge is 0.331 e. The minimum Gasteiger partial charge on any atom is -0.467 e. The van der Waals surface area contributed by atoms with Gasteiger partial charge in [-0.1, -0.05) is 29.8 Å². The Bertz CT molecular complexity index is 946. The maximum absolute atomic E-state index is 11.9. The van der Waals surface area contributed by atoms with Crippen molar-refractivity contribution in [1.29, 1.82) is 0 Å². The maximum Gasteiger partial charge on any atom is 0.331 e.